The minimum absolute atomic E-state index is 0.146. The van der Waals surface area contributed by atoms with Crippen LogP contribution in [0.5, 0.6) is 0 Å². The fourth-order valence-corrected chi connectivity index (χ4v) is 0.480. The second-order valence-corrected chi connectivity index (χ2v) is 1.81. The van der Waals surface area contributed by atoms with E-state index in [1.54, 1.807) is 0 Å². The number of hydroxylamine groups is 3. The Morgan fingerprint density at radius 3 is 2.46 bits per heavy atom. The molecule has 0 aromatic heterocycles. The number of urea groups is 2. The number of nitrogens with one attached hydrogen (secondary N) is 1. The van der Waals surface area contributed by atoms with Crippen LogP contribution in [-0.2, 0) is 19.3 Å². The van der Waals surface area contributed by atoms with Crippen molar-refractivity contribution >= 4 is 24.0 Å². The SMILES string of the molecule is NC(=O)N1OC(=O)C(=O)ONC1=O. The lowest BCUT2D eigenvalue weighted by atomic mass is 10.7. The number of primary amides is 1. The zero-order valence-corrected chi connectivity index (χ0v) is 5.97. The van der Waals surface area contributed by atoms with Crippen molar-refractivity contribution in [1.29, 1.82) is 0 Å². The molecule has 1 heterocycles. The Kier molecular flexibility index (Phi) is 2.00. The number of amides is 4. The van der Waals surface area contributed by atoms with Gasteiger partial charge >= 0.3 is 24.0 Å². The van der Waals surface area contributed by atoms with Gasteiger partial charge in [0.1, 0.15) is 0 Å². The molecule has 1 aliphatic heterocycles. The maximum absolute atomic E-state index is 10.7. The van der Waals surface area contributed by atoms with Crippen LogP contribution in [0.25, 0.3) is 0 Å². The average Bonchev–Trinajstić information content (AvgIpc) is 2.18. The van der Waals surface area contributed by atoms with Crippen molar-refractivity contribution in [3.05, 3.63) is 0 Å². The predicted molar refractivity (Wildman–Crippen MR) is 32.1 cm³/mol. The standard InChI is InChI=1S/C4H3N3O6/c5-3(10)7-4(11)6-12-1(8)2(9)13-7/h(H2,5,10)(H,6,11). The molecule has 0 aliphatic carbocycles. The molecule has 1 fully saturated rings. The van der Waals surface area contributed by atoms with E-state index in [0.717, 1.165) is 0 Å². The lowest BCUT2D eigenvalue weighted by Crippen LogP contribution is -2.44. The summed E-state index contributed by atoms with van der Waals surface area (Å²) in [6, 6.07) is -2.63. The van der Waals surface area contributed by atoms with Gasteiger partial charge in [0.05, 0.1) is 0 Å². The largest absolute Gasteiger partial charge is 0.444 e. The van der Waals surface area contributed by atoms with Gasteiger partial charge in [0, 0.05) is 0 Å². The molecule has 0 radical (unpaired) electrons. The van der Waals surface area contributed by atoms with Crippen molar-refractivity contribution in [2.24, 2.45) is 5.73 Å². The Bertz CT molecular complexity index is 298. The normalized spacial score (nSPS) is 16.9. The van der Waals surface area contributed by atoms with E-state index in [2.05, 4.69) is 15.4 Å². The molecule has 1 saturated heterocycles. The van der Waals surface area contributed by atoms with Crippen LogP contribution in [0.15, 0.2) is 0 Å². The summed E-state index contributed by atoms with van der Waals surface area (Å²) in [4.78, 5) is 49.9. The maximum atomic E-state index is 10.7. The summed E-state index contributed by atoms with van der Waals surface area (Å²) in [5.41, 5.74) is 6.06. The Hall–Kier alpha value is -2.32. The van der Waals surface area contributed by atoms with Gasteiger partial charge in [-0.3, -0.25) is 0 Å². The number of carbonyl (C=O) groups is 4. The van der Waals surface area contributed by atoms with Crippen LogP contribution in [0.3, 0.4) is 0 Å². The summed E-state index contributed by atoms with van der Waals surface area (Å²) < 4.78 is 0. The van der Waals surface area contributed by atoms with Crippen molar-refractivity contribution in [1.82, 2.24) is 10.5 Å². The van der Waals surface area contributed by atoms with E-state index in [9.17, 15) is 19.2 Å². The highest BCUT2D eigenvalue weighted by molar-refractivity contribution is 6.30. The molecule has 9 heteroatoms. The highest BCUT2D eigenvalue weighted by Crippen LogP contribution is 1.98. The van der Waals surface area contributed by atoms with Crippen molar-refractivity contribution in [2.45, 2.75) is 0 Å². The molecule has 70 valence electrons. The summed E-state index contributed by atoms with van der Waals surface area (Å²) in [6.07, 6.45) is 0. The van der Waals surface area contributed by atoms with E-state index in [-0.39, 0.29) is 5.06 Å². The molecule has 3 N–H and O–H groups in total. The highest BCUT2D eigenvalue weighted by atomic mass is 16.8. The monoisotopic (exact) mass is 189 g/mol. The van der Waals surface area contributed by atoms with Crippen LogP contribution in [0.1, 0.15) is 0 Å². The van der Waals surface area contributed by atoms with Crippen molar-refractivity contribution < 1.29 is 28.9 Å². The van der Waals surface area contributed by atoms with Gasteiger partial charge in [-0.1, -0.05) is 5.06 Å². The lowest BCUT2D eigenvalue weighted by Gasteiger charge is -2.10. The molecular formula is C4H3N3O6. The molecule has 0 saturated carbocycles. The molecule has 4 amide bonds. The number of hydrogen-bond donors (Lipinski definition) is 2. The molecule has 1 aliphatic rings. The Morgan fingerprint density at radius 1 is 1.31 bits per heavy atom. The third kappa shape index (κ3) is 1.64. The van der Waals surface area contributed by atoms with Gasteiger partial charge in [-0.2, -0.15) is 5.48 Å². The molecule has 1 rings (SSSR count). The summed E-state index contributed by atoms with van der Waals surface area (Å²) >= 11 is 0. The third-order valence-corrected chi connectivity index (χ3v) is 0.957. The molecule has 0 atom stereocenters. The van der Waals surface area contributed by atoms with Gasteiger partial charge in [-0.15, -0.1) is 0 Å². The Labute approximate surface area is 70.3 Å². The Morgan fingerprint density at radius 2 is 1.92 bits per heavy atom. The second kappa shape index (κ2) is 2.97. The fourth-order valence-electron chi connectivity index (χ4n) is 0.480. The van der Waals surface area contributed by atoms with Crippen molar-refractivity contribution in [3.8, 4) is 0 Å². The summed E-state index contributed by atoms with van der Waals surface area (Å²) in [5, 5.41) is -0.146. The number of rotatable bonds is 0. The molecule has 9 nitrogen and oxygen atoms in total. The molecule has 0 bridgehead atoms. The number of hydrogen-bond acceptors (Lipinski definition) is 6. The lowest BCUT2D eigenvalue weighted by molar-refractivity contribution is -0.177. The minimum atomic E-state index is -1.53. The Balaban J connectivity index is 2.86. The van der Waals surface area contributed by atoms with Crippen LogP contribution in [0.4, 0.5) is 9.59 Å². The van der Waals surface area contributed by atoms with Gasteiger partial charge in [-0.25, -0.2) is 19.2 Å². The molecule has 0 aromatic rings. The quantitative estimate of drug-likeness (QED) is 0.424. The van der Waals surface area contributed by atoms with Crippen LogP contribution >= 0.6 is 0 Å². The fraction of sp³-hybridized carbons (Fsp3) is 0. The average molecular weight is 189 g/mol. The van der Waals surface area contributed by atoms with Crippen LogP contribution in [0.2, 0.25) is 0 Å². The molecule has 13 heavy (non-hydrogen) atoms. The zero-order valence-electron chi connectivity index (χ0n) is 5.97. The van der Waals surface area contributed by atoms with E-state index in [4.69, 9.17) is 0 Å². The number of nitrogens with zero attached hydrogens (tertiary/aromatic N) is 1. The highest BCUT2D eigenvalue weighted by Gasteiger charge is 2.34. The van der Waals surface area contributed by atoms with Gasteiger partial charge in [-0.05, 0) is 0 Å². The van der Waals surface area contributed by atoms with Gasteiger partial charge in [0.25, 0.3) is 0 Å². The first-order chi connectivity index (χ1) is 6.02. The topological polar surface area (TPSA) is 128 Å². The van der Waals surface area contributed by atoms with E-state index >= 15 is 0 Å². The first-order valence-electron chi connectivity index (χ1n) is 2.85. The minimum Gasteiger partial charge on any atom is -0.349 e. The molecular weight excluding hydrogens is 186 g/mol. The molecule has 0 spiro atoms. The first-order valence-corrected chi connectivity index (χ1v) is 2.85. The van der Waals surface area contributed by atoms with E-state index in [1.165, 1.54) is 5.48 Å². The summed E-state index contributed by atoms with van der Waals surface area (Å²) in [7, 11) is 0. The zero-order chi connectivity index (χ0) is 10.0. The van der Waals surface area contributed by atoms with Crippen LogP contribution in [-0.4, -0.2) is 29.1 Å². The first kappa shape index (κ1) is 8.77. The molecule has 0 unspecified atom stereocenters. The smallest absolute Gasteiger partial charge is 0.349 e. The molecule has 0 aromatic carbocycles. The van der Waals surface area contributed by atoms with Gasteiger partial charge in [0.15, 0.2) is 0 Å². The van der Waals surface area contributed by atoms with Crippen molar-refractivity contribution in [3.63, 3.8) is 0 Å². The second-order valence-electron chi connectivity index (χ2n) is 1.81. The predicted octanol–water partition coefficient (Wildman–Crippen LogP) is -1.99. The van der Waals surface area contributed by atoms with Crippen LogP contribution < -0.4 is 11.2 Å². The van der Waals surface area contributed by atoms with E-state index in [1.807, 2.05) is 0 Å². The number of imide groups is 1. The maximum Gasteiger partial charge on any atom is 0.444 e. The van der Waals surface area contributed by atoms with E-state index < -0.39 is 24.0 Å². The summed E-state index contributed by atoms with van der Waals surface area (Å²) in [5.74, 6) is -2.99. The van der Waals surface area contributed by atoms with Gasteiger partial charge in [0.2, 0.25) is 0 Å². The number of carbonyl (C=O) groups excluding carboxylic acids is 4. The van der Waals surface area contributed by atoms with Crippen LogP contribution in [0, 0.1) is 0 Å². The van der Waals surface area contributed by atoms with E-state index in [0.29, 0.717) is 0 Å². The van der Waals surface area contributed by atoms with Crippen molar-refractivity contribution in [2.75, 3.05) is 0 Å². The van der Waals surface area contributed by atoms with Gasteiger partial charge < -0.3 is 15.4 Å². The third-order valence-electron chi connectivity index (χ3n) is 0.957. The number of nitrogens with two attached hydrogens (primary N) is 1. The summed E-state index contributed by atoms with van der Waals surface area (Å²) in [6.45, 7) is 0.